The zero-order valence-corrected chi connectivity index (χ0v) is 11.1. The van der Waals surface area contributed by atoms with Crippen LogP contribution in [0.15, 0.2) is 18.3 Å². The smallest absolute Gasteiger partial charge is 0.272 e. The minimum absolute atomic E-state index is 0.0476. The molecule has 2 rings (SSSR count). The van der Waals surface area contributed by atoms with Crippen molar-refractivity contribution < 1.29 is 9.90 Å². The van der Waals surface area contributed by atoms with Crippen molar-refractivity contribution in [2.45, 2.75) is 19.3 Å². The predicted molar refractivity (Wildman–Crippen MR) is 72.5 cm³/mol. The van der Waals surface area contributed by atoms with Gasteiger partial charge in [0.05, 0.1) is 0 Å². The van der Waals surface area contributed by atoms with Gasteiger partial charge in [-0.3, -0.25) is 4.79 Å². The van der Waals surface area contributed by atoms with E-state index in [0.29, 0.717) is 17.2 Å². The molecular weight excluding hydrogens is 240 g/mol. The number of carbonyl (C=O) groups is 1. The van der Waals surface area contributed by atoms with Crippen LogP contribution in [0.25, 0.3) is 0 Å². The molecule has 0 bridgehead atoms. The second kappa shape index (κ2) is 6.35. The standard InChI is InChI=1S/C15H18N2O2/c1-17(11-13-4-2-5-13)15(19)14-8-7-12(10-16-14)6-3-9-18/h7-8,10,13,18H,2,4-5,9,11H2,1H3. The fraction of sp³-hybridized carbons (Fsp3) is 0.467. The van der Waals surface area contributed by atoms with E-state index >= 15 is 0 Å². The first-order valence-electron chi connectivity index (χ1n) is 6.52. The third-order valence-corrected chi connectivity index (χ3v) is 3.40. The minimum atomic E-state index is -0.176. The van der Waals surface area contributed by atoms with Crippen molar-refractivity contribution in [3.8, 4) is 11.8 Å². The zero-order valence-electron chi connectivity index (χ0n) is 11.1. The van der Waals surface area contributed by atoms with Gasteiger partial charge in [0.1, 0.15) is 12.3 Å². The molecule has 0 aromatic carbocycles. The molecule has 0 spiro atoms. The maximum atomic E-state index is 12.1. The third-order valence-electron chi connectivity index (χ3n) is 3.40. The summed E-state index contributed by atoms with van der Waals surface area (Å²) < 4.78 is 0. The van der Waals surface area contributed by atoms with Crippen molar-refractivity contribution in [1.29, 1.82) is 0 Å². The van der Waals surface area contributed by atoms with Gasteiger partial charge < -0.3 is 10.0 Å². The monoisotopic (exact) mass is 258 g/mol. The molecule has 0 atom stereocenters. The summed E-state index contributed by atoms with van der Waals surface area (Å²) >= 11 is 0. The molecule has 4 nitrogen and oxygen atoms in total. The number of amides is 1. The van der Waals surface area contributed by atoms with E-state index in [1.54, 1.807) is 23.2 Å². The summed E-state index contributed by atoms with van der Waals surface area (Å²) in [5.41, 5.74) is 1.14. The summed E-state index contributed by atoms with van der Waals surface area (Å²) in [7, 11) is 1.82. The van der Waals surface area contributed by atoms with Crippen molar-refractivity contribution in [3.05, 3.63) is 29.6 Å². The van der Waals surface area contributed by atoms with E-state index in [2.05, 4.69) is 16.8 Å². The Labute approximate surface area is 113 Å². The van der Waals surface area contributed by atoms with Crippen molar-refractivity contribution in [1.82, 2.24) is 9.88 Å². The van der Waals surface area contributed by atoms with Crippen LogP contribution in [-0.4, -0.2) is 41.1 Å². The van der Waals surface area contributed by atoms with Gasteiger partial charge in [-0.1, -0.05) is 18.3 Å². The first-order valence-corrected chi connectivity index (χ1v) is 6.52. The first kappa shape index (κ1) is 13.6. The quantitative estimate of drug-likeness (QED) is 0.831. The van der Waals surface area contributed by atoms with Gasteiger partial charge in [-0.15, -0.1) is 0 Å². The first-order chi connectivity index (χ1) is 9.20. The molecule has 100 valence electrons. The molecule has 1 N–H and O–H groups in total. The highest BCUT2D eigenvalue weighted by atomic mass is 16.2. The highest BCUT2D eigenvalue weighted by molar-refractivity contribution is 5.92. The fourth-order valence-electron chi connectivity index (χ4n) is 2.08. The lowest BCUT2D eigenvalue weighted by Crippen LogP contribution is -2.34. The van der Waals surface area contributed by atoms with Crippen LogP contribution < -0.4 is 0 Å². The maximum absolute atomic E-state index is 12.1. The second-order valence-corrected chi connectivity index (χ2v) is 4.87. The van der Waals surface area contributed by atoms with Gasteiger partial charge in [-0.2, -0.15) is 0 Å². The molecule has 1 aliphatic rings. The number of aliphatic hydroxyl groups is 1. The Morgan fingerprint density at radius 2 is 2.32 bits per heavy atom. The Hall–Kier alpha value is -1.86. The Bertz CT molecular complexity index is 495. The van der Waals surface area contributed by atoms with Crippen LogP contribution in [0.1, 0.15) is 35.3 Å². The number of rotatable bonds is 3. The van der Waals surface area contributed by atoms with Crippen LogP contribution in [0.4, 0.5) is 0 Å². The Morgan fingerprint density at radius 3 is 2.84 bits per heavy atom. The zero-order chi connectivity index (χ0) is 13.7. The lowest BCUT2D eigenvalue weighted by molar-refractivity contribution is 0.0739. The lowest BCUT2D eigenvalue weighted by atomic mass is 9.85. The average molecular weight is 258 g/mol. The van der Waals surface area contributed by atoms with Crippen LogP contribution >= 0.6 is 0 Å². The van der Waals surface area contributed by atoms with Crippen molar-refractivity contribution in [2.75, 3.05) is 20.2 Å². The molecule has 0 radical (unpaired) electrons. The molecule has 1 aromatic rings. The van der Waals surface area contributed by atoms with E-state index in [-0.39, 0.29) is 12.5 Å². The Kier molecular flexibility index (Phi) is 4.53. The number of hydrogen-bond donors (Lipinski definition) is 1. The summed E-state index contributed by atoms with van der Waals surface area (Å²) in [5, 5.41) is 8.60. The van der Waals surface area contributed by atoms with Crippen LogP contribution in [-0.2, 0) is 0 Å². The minimum Gasteiger partial charge on any atom is -0.384 e. The molecule has 1 aliphatic carbocycles. The SMILES string of the molecule is CN(CC1CCC1)C(=O)c1ccc(C#CCO)cn1. The van der Waals surface area contributed by atoms with Gasteiger partial charge in [0.25, 0.3) is 5.91 Å². The topological polar surface area (TPSA) is 53.4 Å². The lowest BCUT2D eigenvalue weighted by Gasteiger charge is -2.29. The number of carbonyl (C=O) groups excluding carboxylic acids is 1. The highest BCUT2D eigenvalue weighted by Crippen LogP contribution is 2.26. The second-order valence-electron chi connectivity index (χ2n) is 4.87. The summed E-state index contributed by atoms with van der Waals surface area (Å²) in [4.78, 5) is 18.0. The molecule has 0 unspecified atom stereocenters. The molecule has 19 heavy (non-hydrogen) atoms. The number of nitrogens with zero attached hydrogens (tertiary/aromatic N) is 2. The van der Waals surface area contributed by atoms with Gasteiger partial charge in [-0.25, -0.2) is 4.98 Å². The predicted octanol–water partition coefficient (Wildman–Crippen LogP) is 1.30. The molecule has 1 amide bonds. The molecule has 1 aromatic heterocycles. The molecule has 1 saturated carbocycles. The van der Waals surface area contributed by atoms with E-state index in [1.165, 1.54) is 19.3 Å². The van der Waals surface area contributed by atoms with Crippen LogP contribution in [0, 0.1) is 17.8 Å². The van der Waals surface area contributed by atoms with E-state index < -0.39 is 0 Å². The van der Waals surface area contributed by atoms with E-state index in [4.69, 9.17) is 5.11 Å². The van der Waals surface area contributed by atoms with Crippen LogP contribution in [0.3, 0.4) is 0 Å². The summed E-state index contributed by atoms with van der Waals surface area (Å²) in [6.45, 7) is 0.636. The highest BCUT2D eigenvalue weighted by Gasteiger charge is 2.22. The summed E-state index contributed by atoms with van der Waals surface area (Å²) in [5.74, 6) is 5.91. The molecule has 1 fully saturated rings. The van der Waals surface area contributed by atoms with Gasteiger partial charge in [0.2, 0.25) is 0 Å². The van der Waals surface area contributed by atoms with Crippen molar-refractivity contribution in [3.63, 3.8) is 0 Å². The summed E-state index contributed by atoms with van der Waals surface area (Å²) in [6, 6.07) is 3.43. The number of pyridine rings is 1. The Balaban J connectivity index is 1.98. The van der Waals surface area contributed by atoms with Gasteiger partial charge >= 0.3 is 0 Å². The molecule has 4 heteroatoms. The van der Waals surface area contributed by atoms with Crippen LogP contribution in [0.2, 0.25) is 0 Å². The van der Waals surface area contributed by atoms with E-state index in [1.807, 2.05) is 7.05 Å². The normalized spacial score (nSPS) is 14.2. The van der Waals surface area contributed by atoms with Crippen molar-refractivity contribution >= 4 is 5.91 Å². The number of aromatic nitrogens is 1. The number of aliphatic hydroxyl groups excluding tert-OH is 1. The summed E-state index contributed by atoms with van der Waals surface area (Å²) in [6.07, 6.45) is 5.29. The van der Waals surface area contributed by atoms with Crippen LogP contribution in [0.5, 0.6) is 0 Å². The molecule has 0 aliphatic heterocycles. The largest absolute Gasteiger partial charge is 0.384 e. The van der Waals surface area contributed by atoms with Gasteiger partial charge in [-0.05, 0) is 30.9 Å². The number of hydrogen-bond acceptors (Lipinski definition) is 3. The third kappa shape index (κ3) is 3.55. The van der Waals surface area contributed by atoms with E-state index in [9.17, 15) is 4.79 Å². The molecular formula is C15H18N2O2. The van der Waals surface area contributed by atoms with E-state index in [0.717, 1.165) is 6.54 Å². The average Bonchev–Trinajstić information content (AvgIpc) is 2.40. The molecule has 0 saturated heterocycles. The van der Waals surface area contributed by atoms with Crippen molar-refractivity contribution in [2.24, 2.45) is 5.92 Å². The van der Waals surface area contributed by atoms with Gasteiger partial charge in [0.15, 0.2) is 0 Å². The fourth-order valence-corrected chi connectivity index (χ4v) is 2.08. The maximum Gasteiger partial charge on any atom is 0.272 e. The molecule has 1 heterocycles. The van der Waals surface area contributed by atoms with Gasteiger partial charge in [0, 0.05) is 25.4 Å². The Morgan fingerprint density at radius 1 is 1.53 bits per heavy atom.